The molecule has 112 valence electrons. The highest BCUT2D eigenvalue weighted by atomic mass is 79.9. The fourth-order valence-corrected chi connectivity index (χ4v) is 1.66. The Hall–Kier alpha value is -1.16. The number of ether oxygens (including phenoxy) is 2. The zero-order valence-electron chi connectivity index (χ0n) is 10.2. The van der Waals surface area contributed by atoms with E-state index in [1.165, 1.54) is 0 Å². The lowest BCUT2D eigenvalue weighted by molar-refractivity contribution is -0.149. The Morgan fingerprint density at radius 3 is 1.55 bits per heavy atom. The molecule has 0 spiro atoms. The van der Waals surface area contributed by atoms with E-state index < -0.39 is 35.8 Å². The number of hydrogen-bond donors (Lipinski definition) is 2. The van der Waals surface area contributed by atoms with Crippen LogP contribution in [-0.2, 0) is 28.7 Å². The van der Waals surface area contributed by atoms with Gasteiger partial charge < -0.3 is 20.1 Å². The summed E-state index contributed by atoms with van der Waals surface area (Å²) in [5.74, 6) is -2.10. The predicted octanol–water partition coefficient (Wildman–Crippen LogP) is -1.15. The number of carbonyl (C=O) groups excluding carboxylic acids is 4. The quantitative estimate of drug-likeness (QED) is 0.418. The maximum Gasteiger partial charge on any atom is 0.316 e. The van der Waals surface area contributed by atoms with E-state index in [-0.39, 0.29) is 23.9 Å². The lowest BCUT2D eigenvalue weighted by atomic mass is 10.1. The van der Waals surface area contributed by atoms with Crippen LogP contribution in [0.3, 0.4) is 0 Å². The van der Waals surface area contributed by atoms with Crippen molar-refractivity contribution >= 4 is 55.6 Å². The van der Waals surface area contributed by atoms with Gasteiger partial charge in [0.2, 0.25) is 11.8 Å². The molecule has 1 rings (SSSR count). The van der Waals surface area contributed by atoms with Crippen molar-refractivity contribution in [1.82, 2.24) is 10.6 Å². The summed E-state index contributed by atoms with van der Waals surface area (Å²) in [5, 5.41) is 4.78. The van der Waals surface area contributed by atoms with Gasteiger partial charge in [-0.2, -0.15) is 0 Å². The minimum atomic E-state index is -0.950. The first kappa shape index (κ1) is 16.9. The average Bonchev–Trinajstić information content (AvgIpc) is 2.45. The van der Waals surface area contributed by atoms with Crippen LogP contribution in [0.4, 0.5) is 0 Å². The number of hydrogen-bond acceptors (Lipinski definition) is 6. The Labute approximate surface area is 131 Å². The van der Waals surface area contributed by atoms with E-state index >= 15 is 0 Å². The summed E-state index contributed by atoms with van der Waals surface area (Å²) < 4.78 is 9.49. The summed E-state index contributed by atoms with van der Waals surface area (Å²) in [6.45, 7) is -0.508. The Kier molecular flexibility index (Phi) is 6.93. The highest BCUT2D eigenvalue weighted by Crippen LogP contribution is 2.01. The molecule has 0 aromatic heterocycles. The SMILES string of the molecule is O=C(CBr)OC[C@@H]1NC(=O)[C@@H](COC(=O)CBr)NC1=O. The molecule has 1 heterocycles. The Balaban J connectivity index is 2.45. The molecule has 0 aromatic rings. The number of rotatable bonds is 6. The molecule has 1 saturated heterocycles. The number of carbonyl (C=O) groups is 4. The van der Waals surface area contributed by atoms with Gasteiger partial charge in [-0.15, -0.1) is 0 Å². The minimum Gasteiger partial charge on any atom is -0.462 e. The molecule has 0 aromatic carbocycles. The Morgan fingerprint density at radius 1 is 0.900 bits per heavy atom. The number of piperazine rings is 1. The standard InChI is InChI=1S/C10H12Br2N2O6/c11-1-7(15)19-3-5-9(17)14-6(10(18)13-5)4-20-8(16)2-12/h5-6H,1-4H2,(H,13,18)(H,14,17)/t5-,6+. The molecule has 8 nitrogen and oxygen atoms in total. The number of amides is 2. The number of halogens is 2. The van der Waals surface area contributed by atoms with Gasteiger partial charge in [-0.25, -0.2) is 0 Å². The van der Waals surface area contributed by atoms with Crippen molar-refractivity contribution in [2.75, 3.05) is 23.9 Å². The first-order valence-corrected chi connectivity index (χ1v) is 7.76. The van der Waals surface area contributed by atoms with E-state index in [1.54, 1.807) is 0 Å². The molecule has 2 atom stereocenters. The number of alkyl halides is 2. The fraction of sp³-hybridized carbons (Fsp3) is 0.600. The van der Waals surface area contributed by atoms with Crippen molar-refractivity contribution < 1.29 is 28.7 Å². The van der Waals surface area contributed by atoms with Gasteiger partial charge in [0.05, 0.1) is 0 Å². The van der Waals surface area contributed by atoms with E-state index in [1.807, 2.05) is 0 Å². The van der Waals surface area contributed by atoms with Gasteiger partial charge in [-0.3, -0.25) is 19.2 Å². The van der Waals surface area contributed by atoms with Gasteiger partial charge >= 0.3 is 11.9 Å². The number of esters is 2. The maximum atomic E-state index is 11.7. The highest BCUT2D eigenvalue weighted by molar-refractivity contribution is 9.09. The summed E-state index contributed by atoms with van der Waals surface area (Å²) in [5.41, 5.74) is 0. The monoisotopic (exact) mass is 414 g/mol. The first-order valence-electron chi connectivity index (χ1n) is 5.51. The van der Waals surface area contributed by atoms with Crippen LogP contribution in [0.2, 0.25) is 0 Å². The molecular weight excluding hydrogens is 404 g/mol. The van der Waals surface area contributed by atoms with Crippen LogP contribution in [-0.4, -0.2) is 59.7 Å². The molecule has 2 amide bonds. The van der Waals surface area contributed by atoms with Gasteiger partial charge in [-0.05, 0) is 0 Å². The molecule has 20 heavy (non-hydrogen) atoms. The Bertz CT molecular complexity index is 379. The van der Waals surface area contributed by atoms with Gasteiger partial charge in [-0.1, -0.05) is 31.9 Å². The minimum absolute atomic E-state index is 0.000403. The molecule has 1 aliphatic heterocycles. The topological polar surface area (TPSA) is 111 Å². The first-order chi connectivity index (χ1) is 9.47. The van der Waals surface area contributed by atoms with Crippen LogP contribution >= 0.6 is 31.9 Å². The van der Waals surface area contributed by atoms with Crippen LogP contribution in [0.15, 0.2) is 0 Å². The van der Waals surface area contributed by atoms with Crippen LogP contribution in [0, 0.1) is 0 Å². The van der Waals surface area contributed by atoms with Crippen LogP contribution in [0.5, 0.6) is 0 Å². The molecule has 1 aliphatic rings. The molecule has 10 heteroatoms. The average molecular weight is 416 g/mol. The summed E-state index contributed by atoms with van der Waals surface area (Å²) in [6, 6.07) is -1.90. The van der Waals surface area contributed by atoms with Crippen molar-refractivity contribution in [3.05, 3.63) is 0 Å². The number of nitrogens with one attached hydrogen (secondary N) is 2. The van der Waals surface area contributed by atoms with E-state index in [0.717, 1.165) is 0 Å². The van der Waals surface area contributed by atoms with E-state index in [0.29, 0.717) is 0 Å². The van der Waals surface area contributed by atoms with E-state index in [2.05, 4.69) is 42.5 Å². The smallest absolute Gasteiger partial charge is 0.316 e. The second kappa shape index (κ2) is 8.20. The van der Waals surface area contributed by atoms with Crippen molar-refractivity contribution in [1.29, 1.82) is 0 Å². The molecule has 1 fully saturated rings. The molecular formula is C10H12Br2N2O6. The zero-order chi connectivity index (χ0) is 15.1. The largest absolute Gasteiger partial charge is 0.462 e. The summed E-state index contributed by atoms with van der Waals surface area (Å²) in [7, 11) is 0. The van der Waals surface area contributed by atoms with Crippen molar-refractivity contribution in [3.63, 3.8) is 0 Å². The second-order valence-electron chi connectivity index (χ2n) is 3.76. The molecule has 0 unspecified atom stereocenters. The summed E-state index contributed by atoms with van der Waals surface area (Å²) >= 11 is 5.80. The van der Waals surface area contributed by atoms with Gasteiger partial charge in [0.25, 0.3) is 0 Å². The van der Waals surface area contributed by atoms with Crippen LogP contribution in [0.25, 0.3) is 0 Å². The molecule has 0 bridgehead atoms. The van der Waals surface area contributed by atoms with Gasteiger partial charge in [0, 0.05) is 0 Å². The lowest BCUT2D eigenvalue weighted by Crippen LogP contribution is -2.64. The summed E-state index contributed by atoms with van der Waals surface area (Å²) in [4.78, 5) is 45.3. The van der Waals surface area contributed by atoms with Crippen molar-refractivity contribution in [3.8, 4) is 0 Å². The predicted molar refractivity (Wildman–Crippen MR) is 73.4 cm³/mol. The third-order valence-corrected chi connectivity index (χ3v) is 3.22. The third-order valence-electron chi connectivity index (χ3n) is 2.31. The third kappa shape index (κ3) is 5.08. The second-order valence-corrected chi connectivity index (χ2v) is 4.88. The van der Waals surface area contributed by atoms with Crippen LogP contribution in [0.1, 0.15) is 0 Å². The normalized spacial score (nSPS) is 21.7. The molecule has 0 radical (unpaired) electrons. The molecule has 2 N–H and O–H groups in total. The zero-order valence-corrected chi connectivity index (χ0v) is 13.4. The summed E-state index contributed by atoms with van der Waals surface area (Å²) in [6.07, 6.45) is 0. The maximum absolute atomic E-state index is 11.7. The molecule has 0 saturated carbocycles. The van der Waals surface area contributed by atoms with Crippen molar-refractivity contribution in [2.45, 2.75) is 12.1 Å². The fourth-order valence-electron chi connectivity index (χ4n) is 1.34. The van der Waals surface area contributed by atoms with Gasteiger partial charge in [0.1, 0.15) is 36.0 Å². The van der Waals surface area contributed by atoms with Crippen LogP contribution < -0.4 is 10.6 Å². The van der Waals surface area contributed by atoms with E-state index in [4.69, 9.17) is 9.47 Å². The Morgan fingerprint density at radius 2 is 1.25 bits per heavy atom. The lowest BCUT2D eigenvalue weighted by Gasteiger charge is -2.28. The molecule has 0 aliphatic carbocycles. The highest BCUT2D eigenvalue weighted by Gasteiger charge is 2.34. The van der Waals surface area contributed by atoms with Crippen molar-refractivity contribution in [2.24, 2.45) is 0 Å². The van der Waals surface area contributed by atoms with Gasteiger partial charge in [0.15, 0.2) is 0 Å². The van der Waals surface area contributed by atoms with E-state index in [9.17, 15) is 19.2 Å².